The van der Waals surface area contributed by atoms with Crippen LogP contribution in [0.5, 0.6) is 11.5 Å². The van der Waals surface area contributed by atoms with Crippen molar-refractivity contribution in [1.82, 2.24) is 4.98 Å². The Morgan fingerprint density at radius 1 is 1.11 bits per heavy atom. The van der Waals surface area contributed by atoms with Crippen LogP contribution >= 0.6 is 11.6 Å². The van der Waals surface area contributed by atoms with Crippen molar-refractivity contribution in [3.8, 4) is 11.5 Å². The summed E-state index contributed by atoms with van der Waals surface area (Å²) in [4.78, 5) is 16.6. The minimum absolute atomic E-state index is 0.155. The van der Waals surface area contributed by atoms with Gasteiger partial charge in [0.1, 0.15) is 11.5 Å². The lowest BCUT2D eigenvalue weighted by Gasteiger charge is -2.25. The first-order valence-electron chi connectivity index (χ1n) is 8.60. The molecule has 0 bridgehead atoms. The monoisotopic (exact) mass is 386 g/mol. The minimum atomic E-state index is -0.776. The third-order valence-electron chi connectivity index (χ3n) is 4.81. The number of anilines is 1. The number of aromatic amines is 1. The maximum Gasteiger partial charge on any atom is 0.234 e. The number of fused-ring (bicyclic) bond motifs is 1. The second kappa shape index (κ2) is 7.16. The Morgan fingerprint density at radius 2 is 1.78 bits per heavy atom. The molecule has 0 radical (unpaired) electrons. The predicted octanol–water partition coefficient (Wildman–Crippen LogP) is 5.06. The van der Waals surface area contributed by atoms with E-state index in [1.807, 2.05) is 45.0 Å². The summed E-state index contributed by atoms with van der Waals surface area (Å²) < 4.78 is 10.6. The lowest BCUT2D eigenvalue weighted by molar-refractivity contribution is -0.120. The number of H-pyrrole nitrogens is 1. The average molecular weight is 387 g/mol. The van der Waals surface area contributed by atoms with Crippen molar-refractivity contribution >= 4 is 34.1 Å². The van der Waals surface area contributed by atoms with Crippen molar-refractivity contribution in [1.29, 1.82) is 0 Å². The number of carbonyl (C=O) groups excluding carboxylic acids is 1. The number of hydrogen-bond acceptors (Lipinski definition) is 3. The summed E-state index contributed by atoms with van der Waals surface area (Å²) in [5.74, 6) is 0.785. The van der Waals surface area contributed by atoms with Gasteiger partial charge in [0, 0.05) is 28.7 Å². The van der Waals surface area contributed by atoms with E-state index in [-0.39, 0.29) is 5.91 Å². The molecule has 0 saturated carbocycles. The quantitative estimate of drug-likeness (QED) is 0.644. The van der Waals surface area contributed by atoms with Crippen LogP contribution in [0.4, 0.5) is 5.69 Å². The van der Waals surface area contributed by atoms with Gasteiger partial charge in [0.05, 0.1) is 30.3 Å². The fraction of sp³-hybridized carbons (Fsp3) is 0.286. The molecule has 2 N–H and O–H groups in total. The molecule has 1 heterocycles. The zero-order chi connectivity index (χ0) is 19.8. The zero-order valence-corrected chi connectivity index (χ0v) is 16.8. The number of para-hydroxylation sites is 1. The molecule has 0 unspecified atom stereocenters. The summed E-state index contributed by atoms with van der Waals surface area (Å²) in [6.45, 7) is 5.80. The molecule has 0 saturated heterocycles. The molecule has 1 amide bonds. The number of halogens is 1. The van der Waals surface area contributed by atoms with Gasteiger partial charge in [0.25, 0.3) is 0 Å². The van der Waals surface area contributed by atoms with Crippen molar-refractivity contribution in [2.75, 3.05) is 19.5 Å². The Hall–Kier alpha value is -2.66. The number of hydrogen-bond donors (Lipinski definition) is 2. The van der Waals surface area contributed by atoms with Crippen LogP contribution in [-0.4, -0.2) is 25.1 Å². The van der Waals surface area contributed by atoms with Gasteiger partial charge in [-0.1, -0.05) is 29.8 Å². The van der Waals surface area contributed by atoms with Gasteiger partial charge in [0.2, 0.25) is 5.91 Å². The molecule has 27 heavy (non-hydrogen) atoms. The lowest BCUT2D eigenvalue weighted by Crippen LogP contribution is -2.35. The van der Waals surface area contributed by atoms with Gasteiger partial charge in [0.15, 0.2) is 0 Å². The Bertz CT molecular complexity index is 1010. The molecule has 6 heteroatoms. The van der Waals surface area contributed by atoms with Crippen LogP contribution in [0.1, 0.15) is 25.1 Å². The highest BCUT2D eigenvalue weighted by molar-refractivity contribution is 6.32. The van der Waals surface area contributed by atoms with Crippen molar-refractivity contribution < 1.29 is 14.3 Å². The Kier molecular flexibility index (Phi) is 5.07. The van der Waals surface area contributed by atoms with Crippen LogP contribution in [0.2, 0.25) is 5.02 Å². The standard InChI is InChI=1S/C21H23ClN2O3/c1-12-19(13-8-6-7-9-15(13)23-12)21(2,3)20(25)24-16-11-17(26-4)14(22)10-18(16)27-5/h6-11,23H,1-5H3,(H,24,25). The number of benzene rings is 2. The molecule has 0 spiro atoms. The van der Waals surface area contributed by atoms with Crippen LogP contribution in [-0.2, 0) is 10.2 Å². The summed E-state index contributed by atoms with van der Waals surface area (Å²) in [7, 11) is 3.06. The topological polar surface area (TPSA) is 63.3 Å². The smallest absolute Gasteiger partial charge is 0.234 e. The fourth-order valence-electron chi connectivity index (χ4n) is 3.43. The summed E-state index contributed by atoms with van der Waals surface area (Å²) in [6, 6.07) is 11.3. The first kappa shape index (κ1) is 19.1. The Balaban J connectivity index is 2.01. The number of ether oxygens (including phenoxy) is 2. The van der Waals surface area contributed by atoms with E-state index >= 15 is 0 Å². The first-order valence-corrected chi connectivity index (χ1v) is 8.98. The van der Waals surface area contributed by atoms with E-state index in [2.05, 4.69) is 10.3 Å². The van der Waals surface area contributed by atoms with Gasteiger partial charge in [-0.15, -0.1) is 0 Å². The maximum atomic E-state index is 13.2. The SMILES string of the molecule is COc1cc(NC(=O)C(C)(C)c2c(C)[nH]c3ccccc23)c(OC)cc1Cl. The molecule has 1 aromatic heterocycles. The van der Waals surface area contributed by atoms with Crippen molar-refractivity contribution in [3.63, 3.8) is 0 Å². The first-order chi connectivity index (χ1) is 12.8. The number of methoxy groups -OCH3 is 2. The third kappa shape index (κ3) is 3.35. The molecule has 0 fully saturated rings. The van der Waals surface area contributed by atoms with Gasteiger partial charge in [-0.2, -0.15) is 0 Å². The number of aryl methyl sites for hydroxylation is 1. The highest BCUT2D eigenvalue weighted by Gasteiger charge is 2.34. The van der Waals surface area contributed by atoms with E-state index in [0.717, 1.165) is 22.2 Å². The number of nitrogens with one attached hydrogen (secondary N) is 2. The zero-order valence-electron chi connectivity index (χ0n) is 16.1. The molecule has 142 valence electrons. The summed E-state index contributed by atoms with van der Waals surface area (Å²) in [5.41, 5.74) is 2.68. The number of amides is 1. The van der Waals surface area contributed by atoms with Gasteiger partial charge in [-0.3, -0.25) is 4.79 Å². The van der Waals surface area contributed by atoms with Gasteiger partial charge < -0.3 is 19.8 Å². The van der Waals surface area contributed by atoms with Gasteiger partial charge in [-0.25, -0.2) is 0 Å². The lowest BCUT2D eigenvalue weighted by atomic mass is 9.81. The van der Waals surface area contributed by atoms with Crippen LogP contribution in [0, 0.1) is 6.92 Å². The highest BCUT2D eigenvalue weighted by Crippen LogP contribution is 2.38. The fourth-order valence-corrected chi connectivity index (χ4v) is 3.66. The van der Waals surface area contributed by atoms with Gasteiger partial charge >= 0.3 is 0 Å². The van der Waals surface area contributed by atoms with E-state index in [9.17, 15) is 4.79 Å². The molecule has 0 atom stereocenters. The van der Waals surface area contributed by atoms with E-state index in [0.29, 0.717) is 22.2 Å². The molecule has 2 aromatic carbocycles. The maximum absolute atomic E-state index is 13.2. The van der Waals surface area contributed by atoms with Gasteiger partial charge in [-0.05, 0) is 32.4 Å². The van der Waals surface area contributed by atoms with E-state index in [4.69, 9.17) is 21.1 Å². The van der Waals surface area contributed by atoms with Crippen LogP contribution in [0.3, 0.4) is 0 Å². The van der Waals surface area contributed by atoms with E-state index in [1.54, 1.807) is 12.1 Å². The molecular weight excluding hydrogens is 364 g/mol. The van der Waals surface area contributed by atoms with Crippen LogP contribution < -0.4 is 14.8 Å². The van der Waals surface area contributed by atoms with Crippen LogP contribution in [0.25, 0.3) is 10.9 Å². The number of carbonyl (C=O) groups is 1. The largest absolute Gasteiger partial charge is 0.495 e. The number of rotatable bonds is 5. The predicted molar refractivity (Wildman–Crippen MR) is 109 cm³/mol. The van der Waals surface area contributed by atoms with E-state index in [1.165, 1.54) is 14.2 Å². The van der Waals surface area contributed by atoms with Crippen molar-refractivity contribution in [2.24, 2.45) is 0 Å². The summed E-state index contributed by atoms with van der Waals surface area (Å²) in [5, 5.41) is 4.42. The van der Waals surface area contributed by atoms with Crippen molar-refractivity contribution in [3.05, 3.63) is 52.7 Å². The Morgan fingerprint density at radius 3 is 2.44 bits per heavy atom. The minimum Gasteiger partial charge on any atom is -0.495 e. The number of aromatic nitrogens is 1. The van der Waals surface area contributed by atoms with Crippen molar-refractivity contribution in [2.45, 2.75) is 26.2 Å². The molecule has 0 aliphatic carbocycles. The highest BCUT2D eigenvalue weighted by atomic mass is 35.5. The second-order valence-corrected chi connectivity index (χ2v) is 7.34. The van der Waals surface area contributed by atoms with Crippen LogP contribution in [0.15, 0.2) is 36.4 Å². The molecule has 3 rings (SSSR count). The summed E-state index contributed by atoms with van der Waals surface area (Å²) >= 11 is 6.15. The molecular formula is C21H23ClN2O3. The average Bonchev–Trinajstić information content (AvgIpc) is 2.98. The molecule has 5 nitrogen and oxygen atoms in total. The summed E-state index contributed by atoms with van der Waals surface area (Å²) in [6.07, 6.45) is 0. The van der Waals surface area contributed by atoms with E-state index < -0.39 is 5.41 Å². The Labute approximate surface area is 163 Å². The molecule has 0 aliphatic heterocycles. The third-order valence-corrected chi connectivity index (χ3v) is 5.10. The molecule has 0 aliphatic rings. The molecule has 3 aromatic rings. The normalized spacial score (nSPS) is 11.5. The second-order valence-electron chi connectivity index (χ2n) is 6.94.